The molecule has 0 unspecified atom stereocenters. The number of nitro benzene ring substituents is 1. The van der Waals surface area contributed by atoms with Gasteiger partial charge in [-0.1, -0.05) is 26.8 Å². The molecule has 1 aromatic carbocycles. The van der Waals surface area contributed by atoms with Crippen LogP contribution in [0, 0.1) is 33.8 Å². The van der Waals surface area contributed by atoms with Gasteiger partial charge in [-0.05, 0) is 18.6 Å². The van der Waals surface area contributed by atoms with Gasteiger partial charge in [0.15, 0.2) is 11.5 Å². The highest BCUT2D eigenvalue weighted by molar-refractivity contribution is 6.08. The number of Topliss-reactive ketones (excluding diaryl/α,β-unsaturated/α-hetero) is 1. The van der Waals surface area contributed by atoms with Crippen molar-refractivity contribution in [2.24, 2.45) is 5.41 Å². The van der Waals surface area contributed by atoms with Crippen LogP contribution in [0.3, 0.4) is 0 Å². The Kier molecular flexibility index (Phi) is 4.48. The fraction of sp³-hybridized carbons (Fsp3) is 0.333. The Morgan fingerprint density at radius 2 is 1.95 bits per heavy atom. The van der Waals surface area contributed by atoms with Crippen molar-refractivity contribution < 1.29 is 14.8 Å². The first-order valence-electron chi connectivity index (χ1n) is 6.23. The van der Waals surface area contributed by atoms with Gasteiger partial charge in [-0.25, -0.2) is 0 Å². The summed E-state index contributed by atoms with van der Waals surface area (Å²) in [5.41, 5.74) is -1.20. The van der Waals surface area contributed by atoms with Crippen molar-refractivity contribution in [2.75, 3.05) is 0 Å². The fourth-order valence-electron chi connectivity index (χ4n) is 1.71. The quantitative estimate of drug-likeness (QED) is 0.302. The lowest BCUT2D eigenvalue weighted by molar-refractivity contribution is -0.385. The van der Waals surface area contributed by atoms with Gasteiger partial charge in [0.1, 0.15) is 11.6 Å². The van der Waals surface area contributed by atoms with Crippen molar-refractivity contribution >= 4 is 17.2 Å². The summed E-state index contributed by atoms with van der Waals surface area (Å²) in [6, 6.07) is 5.82. The molecule has 0 heterocycles. The Morgan fingerprint density at radius 1 is 1.38 bits per heavy atom. The number of carbonyl (C=O) groups excluding carboxylic acids is 1. The molecule has 0 aliphatic carbocycles. The molecule has 1 rings (SSSR count). The number of hydrogen-bond acceptors (Lipinski definition) is 5. The molecule has 6 nitrogen and oxygen atoms in total. The van der Waals surface area contributed by atoms with E-state index in [0.717, 1.165) is 0 Å². The number of rotatable bonds is 3. The zero-order valence-corrected chi connectivity index (χ0v) is 12.3. The van der Waals surface area contributed by atoms with Crippen molar-refractivity contribution in [3.8, 4) is 6.07 Å². The van der Waals surface area contributed by atoms with E-state index in [-0.39, 0.29) is 11.3 Å². The van der Waals surface area contributed by atoms with E-state index in [9.17, 15) is 20.0 Å². The van der Waals surface area contributed by atoms with Crippen LogP contribution >= 0.6 is 0 Å². The summed E-state index contributed by atoms with van der Waals surface area (Å²) < 4.78 is 0. The Bertz CT molecular complexity index is 676. The van der Waals surface area contributed by atoms with Gasteiger partial charge < -0.3 is 5.11 Å². The Hall–Kier alpha value is -2.68. The topological polar surface area (TPSA) is 104 Å². The summed E-state index contributed by atoms with van der Waals surface area (Å²) in [7, 11) is 0. The minimum Gasteiger partial charge on any atom is -0.506 e. The number of allylic oxidation sites excluding steroid dienone is 1. The van der Waals surface area contributed by atoms with Gasteiger partial charge in [-0.15, -0.1) is 0 Å². The zero-order chi connectivity index (χ0) is 16.4. The third kappa shape index (κ3) is 3.45. The highest BCUT2D eigenvalue weighted by Crippen LogP contribution is 2.30. The molecule has 110 valence electrons. The van der Waals surface area contributed by atoms with Gasteiger partial charge in [0.25, 0.3) is 5.69 Å². The number of ketones is 1. The lowest BCUT2D eigenvalue weighted by Gasteiger charge is -2.16. The number of carbonyl (C=O) groups is 1. The van der Waals surface area contributed by atoms with Crippen molar-refractivity contribution in [2.45, 2.75) is 27.7 Å². The third-order valence-electron chi connectivity index (χ3n) is 2.86. The second-order valence-electron chi connectivity index (χ2n) is 5.69. The van der Waals surface area contributed by atoms with E-state index < -0.39 is 27.5 Å². The average Bonchev–Trinajstić information content (AvgIpc) is 2.37. The van der Waals surface area contributed by atoms with Gasteiger partial charge in [-0.3, -0.25) is 14.9 Å². The Morgan fingerprint density at radius 3 is 2.38 bits per heavy atom. The maximum atomic E-state index is 12.1. The largest absolute Gasteiger partial charge is 0.506 e. The van der Waals surface area contributed by atoms with Crippen molar-refractivity contribution in [1.29, 1.82) is 5.26 Å². The van der Waals surface area contributed by atoms with Crippen LogP contribution in [0.25, 0.3) is 5.76 Å². The molecule has 0 atom stereocenters. The van der Waals surface area contributed by atoms with Crippen LogP contribution in [0.15, 0.2) is 23.8 Å². The van der Waals surface area contributed by atoms with Gasteiger partial charge >= 0.3 is 0 Å². The summed E-state index contributed by atoms with van der Waals surface area (Å²) in [5.74, 6) is -1.23. The molecular formula is C15H16N2O4. The zero-order valence-electron chi connectivity index (χ0n) is 12.3. The third-order valence-corrected chi connectivity index (χ3v) is 2.86. The summed E-state index contributed by atoms with van der Waals surface area (Å²) in [5, 5.41) is 30.3. The predicted octanol–water partition coefficient (Wildman–Crippen LogP) is 3.31. The highest BCUT2D eigenvalue weighted by Gasteiger charge is 2.30. The first-order chi connectivity index (χ1) is 9.59. The monoisotopic (exact) mass is 288 g/mol. The second-order valence-corrected chi connectivity index (χ2v) is 5.69. The molecule has 0 bridgehead atoms. The van der Waals surface area contributed by atoms with E-state index in [0.29, 0.717) is 5.56 Å². The second kappa shape index (κ2) is 5.75. The van der Waals surface area contributed by atoms with Gasteiger partial charge in [0.2, 0.25) is 0 Å². The highest BCUT2D eigenvalue weighted by atomic mass is 16.6. The van der Waals surface area contributed by atoms with E-state index in [2.05, 4.69) is 0 Å². The molecule has 0 fully saturated rings. The Balaban J connectivity index is 3.58. The van der Waals surface area contributed by atoms with Crippen molar-refractivity contribution in [3.63, 3.8) is 0 Å². The first-order valence-corrected chi connectivity index (χ1v) is 6.23. The number of nitrogens with zero attached hydrogens (tertiary/aromatic N) is 2. The first kappa shape index (κ1) is 16.4. The summed E-state index contributed by atoms with van der Waals surface area (Å²) >= 11 is 0. The number of nitriles is 1. The van der Waals surface area contributed by atoms with Crippen LogP contribution in [-0.4, -0.2) is 15.8 Å². The van der Waals surface area contributed by atoms with Gasteiger partial charge in [-0.2, -0.15) is 5.26 Å². The minimum atomic E-state index is -0.876. The van der Waals surface area contributed by atoms with Crippen LogP contribution in [0.4, 0.5) is 5.69 Å². The minimum absolute atomic E-state index is 0.139. The maximum Gasteiger partial charge on any atom is 0.280 e. The van der Waals surface area contributed by atoms with E-state index in [1.165, 1.54) is 12.1 Å². The number of benzene rings is 1. The SMILES string of the molecule is Cc1ccc(C(O)=C(C#N)C(=O)C(C)(C)C)c([N+](=O)[O-])c1. The number of nitro groups is 1. The van der Waals surface area contributed by atoms with Crippen LogP contribution in [-0.2, 0) is 4.79 Å². The molecule has 21 heavy (non-hydrogen) atoms. The molecule has 0 amide bonds. The van der Waals surface area contributed by atoms with E-state index in [1.807, 2.05) is 0 Å². The van der Waals surface area contributed by atoms with Gasteiger partial charge in [0, 0.05) is 11.5 Å². The molecule has 0 spiro atoms. The molecular weight excluding hydrogens is 272 g/mol. The molecule has 0 radical (unpaired) electrons. The van der Waals surface area contributed by atoms with E-state index in [4.69, 9.17) is 5.26 Å². The molecule has 6 heteroatoms. The standard InChI is InChI=1S/C15H16N2O4/c1-9-5-6-10(12(7-9)17(20)21)13(18)11(8-16)14(19)15(2,3)4/h5-7,18H,1-4H3. The average molecular weight is 288 g/mol. The van der Waals surface area contributed by atoms with Crippen LogP contribution in [0.1, 0.15) is 31.9 Å². The molecule has 0 aromatic heterocycles. The van der Waals surface area contributed by atoms with E-state index >= 15 is 0 Å². The van der Waals surface area contributed by atoms with Crippen molar-refractivity contribution in [3.05, 3.63) is 45.0 Å². The summed E-state index contributed by atoms with van der Waals surface area (Å²) in [6.07, 6.45) is 0. The molecule has 0 aliphatic rings. The Labute approximate surface area is 122 Å². The summed E-state index contributed by atoms with van der Waals surface area (Å²) in [4.78, 5) is 22.6. The number of hydrogen-bond donors (Lipinski definition) is 1. The number of aryl methyl sites for hydroxylation is 1. The molecule has 0 aliphatic heterocycles. The van der Waals surface area contributed by atoms with Crippen LogP contribution in [0.2, 0.25) is 0 Å². The van der Waals surface area contributed by atoms with Crippen LogP contribution < -0.4 is 0 Å². The number of aliphatic hydroxyl groups is 1. The summed E-state index contributed by atoms with van der Waals surface area (Å²) in [6.45, 7) is 6.47. The fourth-order valence-corrected chi connectivity index (χ4v) is 1.71. The molecule has 0 saturated heterocycles. The molecule has 1 N–H and O–H groups in total. The van der Waals surface area contributed by atoms with E-state index in [1.54, 1.807) is 39.8 Å². The number of aliphatic hydroxyl groups excluding tert-OH is 1. The van der Waals surface area contributed by atoms with Gasteiger partial charge in [0.05, 0.1) is 10.5 Å². The molecule has 1 aromatic rings. The predicted molar refractivity (Wildman–Crippen MR) is 77.5 cm³/mol. The normalized spacial score (nSPS) is 12.3. The van der Waals surface area contributed by atoms with Crippen LogP contribution in [0.5, 0.6) is 0 Å². The smallest absolute Gasteiger partial charge is 0.280 e. The maximum absolute atomic E-state index is 12.1. The molecule has 0 saturated carbocycles. The van der Waals surface area contributed by atoms with Crippen molar-refractivity contribution in [1.82, 2.24) is 0 Å². The lowest BCUT2D eigenvalue weighted by atomic mass is 9.85. The lowest BCUT2D eigenvalue weighted by Crippen LogP contribution is -2.22.